The molecule has 1 N–H and O–H groups in total. The smallest absolute Gasteiger partial charge is 0.322 e. The van der Waals surface area contributed by atoms with Crippen molar-refractivity contribution in [2.75, 3.05) is 0 Å². The third kappa shape index (κ3) is 3.21. The number of carboxylic acid groups (broad SMARTS) is 1. The van der Waals surface area contributed by atoms with E-state index < -0.39 is 26.3 Å². The highest BCUT2D eigenvalue weighted by Crippen LogP contribution is 2.31. The van der Waals surface area contributed by atoms with Crippen LogP contribution in [0.3, 0.4) is 0 Å². The Kier molecular flexibility index (Phi) is 4.58. The number of carbonyl (C=O) groups is 1. The van der Waals surface area contributed by atoms with Gasteiger partial charge in [-0.3, -0.25) is 4.79 Å². The molecule has 1 aliphatic rings. The van der Waals surface area contributed by atoms with Crippen molar-refractivity contribution in [1.82, 2.24) is 0 Å². The molecule has 0 radical (unpaired) electrons. The minimum Gasteiger partial charge on any atom is -0.480 e. The molecule has 1 rings (SSSR count). The van der Waals surface area contributed by atoms with Crippen molar-refractivity contribution in [3.8, 4) is 0 Å². The van der Waals surface area contributed by atoms with E-state index in [1.807, 2.05) is 0 Å². The summed E-state index contributed by atoms with van der Waals surface area (Å²) in [4.78, 5) is 11.1. The molecule has 0 aromatic heterocycles. The number of rotatable bonds is 4. The molecule has 4 nitrogen and oxygen atoms in total. The lowest BCUT2D eigenvalue weighted by Crippen LogP contribution is -2.42. The van der Waals surface area contributed by atoms with Gasteiger partial charge in [-0.25, -0.2) is 8.42 Å². The Morgan fingerprint density at radius 3 is 2.00 bits per heavy atom. The molecule has 1 fully saturated rings. The molecule has 17 heavy (non-hydrogen) atoms. The molecular formula is C12H22O4S. The lowest BCUT2D eigenvalue weighted by molar-refractivity contribution is -0.137. The van der Waals surface area contributed by atoms with Crippen LogP contribution in [-0.2, 0) is 14.6 Å². The fraction of sp³-hybridized carbons (Fsp3) is 0.917. The largest absolute Gasteiger partial charge is 0.480 e. The zero-order valence-electron chi connectivity index (χ0n) is 10.7. The second kappa shape index (κ2) is 5.38. The average Bonchev–Trinajstić information content (AvgIpc) is 2.16. The van der Waals surface area contributed by atoms with Crippen molar-refractivity contribution in [2.24, 2.45) is 11.8 Å². The van der Waals surface area contributed by atoms with Crippen LogP contribution in [0.1, 0.15) is 46.5 Å². The highest BCUT2D eigenvalue weighted by atomic mass is 32.2. The summed E-state index contributed by atoms with van der Waals surface area (Å²) < 4.78 is 24.6. The van der Waals surface area contributed by atoms with Crippen LogP contribution in [0.15, 0.2) is 0 Å². The van der Waals surface area contributed by atoms with Crippen molar-refractivity contribution in [3.05, 3.63) is 0 Å². The van der Waals surface area contributed by atoms with Gasteiger partial charge in [-0.1, -0.05) is 20.8 Å². The Bertz CT molecular complexity index is 364. The quantitative estimate of drug-likeness (QED) is 0.842. The van der Waals surface area contributed by atoms with E-state index >= 15 is 0 Å². The Labute approximate surface area is 103 Å². The number of aliphatic carboxylic acids is 1. The normalized spacial score (nSPS) is 28.0. The molecule has 1 aliphatic carbocycles. The lowest BCUT2D eigenvalue weighted by atomic mass is 9.91. The summed E-state index contributed by atoms with van der Waals surface area (Å²) in [6, 6.07) is 0. The first kappa shape index (κ1) is 14.5. The third-order valence-corrected chi connectivity index (χ3v) is 6.48. The summed E-state index contributed by atoms with van der Waals surface area (Å²) >= 11 is 0. The van der Waals surface area contributed by atoms with E-state index in [9.17, 15) is 13.2 Å². The number of hydrogen-bond acceptors (Lipinski definition) is 3. The van der Waals surface area contributed by atoms with Crippen molar-refractivity contribution in [2.45, 2.75) is 57.0 Å². The summed E-state index contributed by atoms with van der Waals surface area (Å²) in [5, 5.41) is 7.38. The molecule has 0 bridgehead atoms. The molecule has 0 spiro atoms. The first-order valence-electron chi connectivity index (χ1n) is 6.22. The van der Waals surface area contributed by atoms with Gasteiger partial charge in [0.2, 0.25) is 0 Å². The fourth-order valence-electron chi connectivity index (χ4n) is 2.57. The molecule has 5 heteroatoms. The summed E-state index contributed by atoms with van der Waals surface area (Å²) in [6.45, 7) is 5.42. The minimum absolute atomic E-state index is 0.378. The topological polar surface area (TPSA) is 71.4 Å². The van der Waals surface area contributed by atoms with Gasteiger partial charge in [0.1, 0.15) is 0 Å². The van der Waals surface area contributed by atoms with E-state index in [2.05, 4.69) is 6.92 Å². The SMILES string of the molecule is CC1CCC(S(=O)(=O)C(C(=O)O)C(C)C)CC1. The highest BCUT2D eigenvalue weighted by Gasteiger charge is 2.41. The molecule has 0 aliphatic heterocycles. The molecule has 0 saturated heterocycles. The minimum atomic E-state index is -3.55. The van der Waals surface area contributed by atoms with Crippen molar-refractivity contribution >= 4 is 15.8 Å². The van der Waals surface area contributed by atoms with Gasteiger partial charge in [0.05, 0.1) is 5.25 Å². The maximum absolute atomic E-state index is 12.3. The van der Waals surface area contributed by atoms with Crippen LogP contribution in [0.25, 0.3) is 0 Å². The van der Waals surface area contributed by atoms with Crippen molar-refractivity contribution < 1.29 is 18.3 Å². The van der Waals surface area contributed by atoms with Gasteiger partial charge in [0.15, 0.2) is 15.1 Å². The average molecular weight is 262 g/mol. The first-order chi connectivity index (χ1) is 7.76. The van der Waals surface area contributed by atoms with Crippen LogP contribution >= 0.6 is 0 Å². The van der Waals surface area contributed by atoms with Gasteiger partial charge in [0, 0.05) is 0 Å². The molecule has 100 valence electrons. The number of carboxylic acids is 1. The Morgan fingerprint density at radius 1 is 1.18 bits per heavy atom. The van der Waals surface area contributed by atoms with Crippen LogP contribution in [0.5, 0.6) is 0 Å². The van der Waals surface area contributed by atoms with E-state index in [1.165, 1.54) is 0 Å². The monoisotopic (exact) mass is 262 g/mol. The Balaban J connectivity index is 2.89. The molecule has 0 aromatic carbocycles. The van der Waals surface area contributed by atoms with Crippen LogP contribution in [-0.4, -0.2) is 30.0 Å². The van der Waals surface area contributed by atoms with Gasteiger partial charge in [-0.2, -0.15) is 0 Å². The van der Waals surface area contributed by atoms with Crippen LogP contribution in [0, 0.1) is 11.8 Å². The summed E-state index contributed by atoms with van der Waals surface area (Å²) in [7, 11) is -3.55. The maximum Gasteiger partial charge on any atom is 0.322 e. The molecular weight excluding hydrogens is 240 g/mol. The van der Waals surface area contributed by atoms with Crippen LogP contribution in [0.2, 0.25) is 0 Å². The molecule has 1 atom stereocenters. The van der Waals surface area contributed by atoms with E-state index in [4.69, 9.17) is 5.11 Å². The zero-order chi connectivity index (χ0) is 13.2. The second-order valence-corrected chi connectivity index (χ2v) is 7.83. The fourth-order valence-corrected chi connectivity index (χ4v) is 4.95. The van der Waals surface area contributed by atoms with E-state index in [0.29, 0.717) is 18.8 Å². The molecule has 1 saturated carbocycles. The van der Waals surface area contributed by atoms with Crippen molar-refractivity contribution in [3.63, 3.8) is 0 Å². The van der Waals surface area contributed by atoms with E-state index in [1.54, 1.807) is 13.8 Å². The molecule has 1 unspecified atom stereocenters. The Hall–Kier alpha value is -0.580. The summed E-state index contributed by atoms with van der Waals surface area (Å²) in [5.74, 6) is -1.03. The zero-order valence-corrected chi connectivity index (χ0v) is 11.5. The van der Waals surface area contributed by atoms with Gasteiger partial charge in [-0.15, -0.1) is 0 Å². The lowest BCUT2D eigenvalue weighted by Gasteiger charge is -2.29. The molecule has 0 aromatic rings. The summed E-state index contributed by atoms with van der Waals surface area (Å²) in [6.07, 6.45) is 2.99. The second-order valence-electron chi connectivity index (χ2n) is 5.47. The third-order valence-electron chi connectivity index (χ3n) is 3.63. The van der Waals surface area contributed by atoms with E-state index in [0.717, 1.165) is 12.8 Å². The molecule has 0 heterocycles. The standard InChI is InChI=1S/C12H22O4S/c1-8(2)11(12(13)14)17(15,16)10-6-4-9(3)5-7-10/h8-11H,4-7H2,1-3H3,(H,13,14). The summed E-state index contributed by atoms with van der Waals surface area (Å²) in [5.41, 5.74) is 0. The van der Waals surface area contributed by atoms with E-state index in [-0.39, 0.29) is 5.92 Å². The van der Waals surface area contributed by atoms with Gasteiger partial charge < -0.3 is 5.11 Å². The number of hydrogen-bond donors (Lipinski definition) is 1. The predicted molar refractivity (Wildman–Crippen MR) is 66.6 cm³/mol. The Morgan fingerprint density at radius 2 is 1.65 bits per heavy atom. The van der Waals surface area contributed by atoms with Gasteiger partial charge in [-0.05, 0) is 37.5 Å². The predicted octanol–water partition coefficient (Wildman–Crippen LogP) is 2.09. The maximum atomic E-state index is 12.3. The first-order valence-corrected chi connectivity index (χ1v) is 7.83. The van der Waals surface area contributed by atoms with Crippen molar-refractivity contribution in [1.29, 1.82) is 0 Å². The van der Waals surface area contributed by atoms with Gasteiger partial charge >= 0.3 is 5.97 Å². The number of sulfone groups is 1. The van der Waals surface area contributed by atoms with Gasteiger partial charge in [0.25, 0.3) is 0 Å². The molecule has 0 amide bonds. The van der Waals surface area contributed by atoms with Crippen LogP contribution < -0.4 is 0 Å². The highest BCUT2D eigenvalue weighted by molar-refractivity contribution is 7.93. The van der Waals surface area contributed by atoms with Crippen LogP contribution in [0.4, 0.5) is 0 Å².